The summed E-state index contributed by atoms with van der Waals surface area (Å²) in [5.74, 6) is -3.20. The van der Waals surface area contributed by atoms with E-state index in [0.717, 1.165) is 0 Å². The van der Waals surface area contributed by atoms with E-state index >= 15 is 0 Å². The van der Waals surface area contributed by atoms with Gasteiger partial charge in [0.05, 0.1) is 5.92 Å². The topological polar surface area (TPSA) is 118 Å². The zero-order valence-corrected chi connectivity index (χ0v) is 12.4. The van der Waals surface area contributed by atoms with Crippen molar-refractivity contribution in [1.29, 1.82) is 0 Å². The van der Waals surface area contributed by atoms with Gasteiger partial charge in [-0.15, -0.1) is 0 Å². The van der Waals surface area contributed by atoms with Gasteiger partial charge in [-0.05, 0) is 24.7 Å². The van der Waals surface area contributed by atoms with Crippen molar-refractivity contribution in [3.63, 3.8) is 0 Å². The van der Waals surface area contributed by atoms with Gasteiger partial charge in [-0.3, -0.25) is 14.2 Å². The molecule has 0 fully saturated rings. The van der Waals surface area contributed by atoms with Gasteiger partial charge in [0, 0.05) is 6.42 Å². The van der Waals surface area contributed by atoms with E-state index in [4.69, 9.17) is 10.8 Å². The molecule has 0 saturated carbocycles. The molecule has 0 spiro atoms. The molecule has 4 N–H and O–H groups in total. The molecule has 19 heavy (non-hydrogen) atoms. The molecule has 7 heteroatoms. The number of aliphatic hydroxyl groups is 1. The Balaban J connectivity index is 4.94. The van der Waals surface area contributed by atoms with Crippen LogP contribution in [0, 0.1) is 11.3 Å². The Morgan fingerprint density at radius 1 is 1.26 bits per heavy atom. The van der Waals surface area contributed by atoms with Gasteiger partial charge in [-0.2, -0.15) is 0 Å². The fourth-order valence-electron chi connectivity index (χ4n) is 1.68. The van der Waals surface area contributed by atoms with E-state index in [0.29, 0.717) is 6.42 Å². The van der Waals surface area contributed by atoms with Crippen molar-refractivity contribution in [2.24, 2.45) is 17.1 Å². The van der Waals surface area contributed by atoms with Crippen LogP contribution >= 0.6 is 8.46 Å². The minimum Gasteiger partial charge on any atom is -0.481 e. The summed E-state index contributed by atoms with van der Waals surface area (Å²) in [5.41, 5.74) is 4.86. The van der Waals surface area contributed by atoms with Crippen molar-refractivity contribution in [2.75, 3.05) is 0 Å². The molecule has 2 unspecified atom stereocenters. The number of carboxylic acid groups (broad SMARTS) is 1. The number of carbonyl (C=O) groups excluding carboxylic acids is 1. The van der Waals surface area contributed by atoms with Gasteiger partial charge >= 0.3 is 5.97 Å². The summed E-state index contributed by atoms with van der Waals surface area (Å²) in [6.45, 7) is 5.82. The highest BCUT2D eigenvalue weighted by Crippen LogP contribution is 2.39. The third-order valence-corrected chi connectivity index (χ3v) is 3.79. The monoisotopic (exact) mass is 291 g/mol. The average Bonchev–Trinajstić information content (AvgIpc) is 2.24. The molecule has 0 aliphatic carbocycles. The third kappa shape index (κ3) is 6.64. The maximum absolute atomic E-state index is 11.2. The molecule has 0 rings (SSSR count). The minimum absolute atomic E-state index is 0.0806. The van der Waals surface area contributed by atoms with Gasteiger partial charge in [0.15, 0.2) is 13.8 Å². The predicted octanol–water partition coefficient (Wildman–Crippen LogP) is 1.76. The molecule has 1 amide bonds. The summed E-state index contributed by atoms with van der Waals surface area (Å²) < 4.78 is 11.2. The molecule has 0 aliphatic heterocycles. The highest BCUT2D eigenvalue weighted by molar-refractivity contribution is 7.25. The van der Waals surface area contributed by atoms with Crippen molar-refractivity contribution in [1.82, 2.24) is 0 Å². The van der Waals surface area contributed by atoms with E-state index in [1.807, 2.05) is 20.8 Å². The Hall–Kier alpha value is -1.00. The molecule has 0 aromatic carbocycles. The van der Waals surface area contributed by atoms with Gasteiger partial charge in [-0.1, -0.05) is 20.8 Å². The van der Waals surface area contributed by atoms with Crippen LogP contribution in [0.25, 0.3) is 0 Å². The molecular formula is C12H22NO5P. The average molecular weight is 291 g/mol. The number of amides is 1. The van der Waals surface area contributed by atoms with E-state index in [1.165, 1.54) is 0 Å². The summed E-state index contributed by atoms with van der Waals surface area (Å²) in [5, 5.41) is 17.5. The first kappa shape index (κ1) is 18.0. The van der Waals surface area contributed by atoms with Crippen LogP contribution in [-0.2, 0) is 14.2 Å². The normalized spacial score (nSPS) is 16.8. The fraction of sp³-hybridized carbons (Fsp3) is 0.833. The molecule has 2 atom stereocenters. The summed E-state index contributed by atoms with van der Waals surface area (Å²) in [6.07, 6.45) is 0.307. The summed E-state index contributed by atoms with van der Waals surface area (Å²) in [7, 11) is -0.645. The first-order valence-electron chi connectivity index (χ1n) is 6.10. The zero-order chi connectivity index (χ0) is 15.3. The first-order valence-corrected chi connectivity index (χ1v) is 6.91. The number of nitrogens with two attached hydrogens (primary N) is 1. The zero-order valence-electron chi connectivity index (χ0n) is 11.5. The second-order valence-electron chi connectivity index (χ2n) is 5.93. The minimum atomic E-state index is -1.87. The Bertz CT molecular complexity index is 353. The number of rotatable bonds is 8. The van der Waals surface area contributed by atoms with Crippen LogP contribution < -0.4 is 5.73 Å². The highest BCUT2D eigenvalue weighted by Gasteiger charge is 2.43. The standard InChI is InChI=1S/C12H22NO5P/c1-11(2,3)6-7-12(17,19-18)8(10(15)16)4-5-9(13)14/h8,17H,4-7H2,1-3H3,(H2,13,14)(H,15,16). The van der Waals surface area contributed by atoms with Gasteiger partial charge in [-0.25, -0.2) is 0 Å². The van der Waals surface area contributed by atoms with Crippen LogP contribution in [0.3, 0.4) is 0 Å². The molecule has 110 valence electrons. The molecule has 0 aromatic heterocycles. The SMILES string of the molecule is CC(C)(C)CCC(O)(P=O)C(CCC(N)=O)C(=O)O. The number of hydrogen-bond acceptors (Lipinski definition) is 4. The second kappa shape index (κ2) is 6.96. The van der Waals surface area contributed by atoms with Crippen LogP contribution in [0.15, 0.2) is 0 Å². The number of carbonyl (C=O) groups is 2. The van der Waals surface area contributed by atoms with Crippen molar-refractivity contribution in [2.45, 2.75) is 51.8 Å². The Morgan fingerprint density at radius 3 is 2.11 bits per heavy atom. The maximum Gasteiger partial charge on any atom is 0.310 e. The van der Waals surface area contributed by atoms with Crippen molar-refractivity contribution in [3.8, 4) is 0 Å². The lowest BCUT2D eigenvalue weighted by Gasteiger charge is -2.30. The van der Waals surface area contributed by atoms with Gasteiger partial charge < -0.3 is 15.9 Å². The van der Waals surface area contributed by atoms with Crippen molar-refractivity contribution in [3.05, 3.63) is 0 Å². The smallest absolute Gasteiger partial charge is 0.310 e. The summed E-state index contributed by atoms with van der Waals surface area (Å²) >= 11 is 0. The summed E-state index contributed by atoms with van der Waals surface area (Å²) in [6, 6.07) is 0. The van der Waals surface area contributed by atoms with Crippen LogP contribution in [0.1, 0.15) is 46.5 Å². The number of carboxylic acids is 1. The van der Waals surface area contributed by atoms with E-state index in [9.17, 15) is 19.3 Å². The molecule has 0 bridgehead atoms. The van der Waals surface area contributed by atoms with Crippen LogP contribution in [0.5, 0.6) is 0 Å². The Kier molecular flexibility index (Phi) is 6.60. The van der Waals surface area contributed by atoms with E-state index in [1.54, 1.807) is 0 Å². The third-order valence-electron chi connectivity index (χ3n) is 2.94. The summed E-state index contributed by atoms with van der Waals surface area (Å²) in [4.78, 5) is 21.9. The van der Waals surface area contributed by atoms with Crippen molar-refractivity contribution >= 4 is 20.3 Å². The number of primary amides is 1. The predicted molar refractivity (Wildman–Crippen MR) is 70.8 cm³/mol. The number of aliphatic carboxylic acids is 1. The number of hydrogen-bond donors (Lipinski definition) is 3. The Morgan fingerprint density at radius 2 is 1.79 bits per heavy atom. The van der Waals surface area contributed by atoms with Crippen LogP contribution in [0.2, 0.25) is 0 Å². The lowest BCUT2D eigenvalue weighted by Crippen LogP contribution is -2.39. The molecular weight excluding hydrogens is 269 g/mol. The lowest BCUT2D eigenvalue weighted by molar-refractivity contribution is -0.148. The van der Waals surface area contributed by atoms with E-state index in [-0.39, 0.29) is 24.7 Å². The quantitative estimate of drug-likeness (QED) is 0.589. The van der Waals surface area contributed by atoms with Gasteiger partial charge in [0.1, 0.15) is 0 Å². The van der Waals surface area contributed by atoms with E-state index in [2.05, 4.69) is 0 Å². The van der Waals surface area contributed by atoms with Gasteiger partial charge in [0.2, 0.25) is 5.91 Å². The largest absolute Gasteiger partial charge is 0.481 e. The lowest BCUT2D eigenvalue weighted by atomic mass is 9.85. The molecule has 0 radical (unpaired) electrons. The fourth-order valence-corrected chi connectivity index (χ4v) is 2.25. The Labute approximate surface area is 114 Å². The molecule has 0 aliphatic rings. The van der Waals surface area contributed by atoms with Crippen molar-refractivity contribution < 1.29 is 24.4 Å². The highest BCUT2D eigenvalue weighted by atomic mass is 31.1. The molecule has 0 aromatic rings. The second-order valence-corrected chi connectivity index (χ2v) is 6.88. The first-order chi connectivity index (χ1) is 8.52. The van der Waals surface area contributed by atoms with E-state index < -0.39 is 31.6 Å². The van der Waals surface area contributed by atoms with Crippen LogP contribution in [-0.4, -0.2) is 27.4 Å². The van der Waals surface area contributed by atoms with Crippen LogP contribution in [0.4, 0.5) is 0 Å². The molecule has 6 nitrogen and oxygen atoms in total. The maximum atomic E-state index is 11.2. The molecule has 0 heterocycles. The molecule has 0 saturated heterocycles. The van der Waals surface area contributed by atoms with Gasteiger partial charge in [0.25, 0.3) is 0 Å².